The van der Waals surface area contributed by atoms with E-state index >= 15 is 0 Å². The summed E-state index contributed by atoms with van der Waals surface area (Å²) in [7, 11) is 0. The van der Waals surface area contributed by atoms with Crippen LogP contribution in [0.5, 0.6) is 0 Å². The first kappa shape index (κ1) is 22.7. The third-order valence-electron chi connectivity index (χ3n) is 6.42. The molecule has 0 bridgehead atoms. The molecule has 1 saturated heterocycles. The molecule has 10 nitrogen and oxygen atoms in total. The van der Waals surface area contributed by atoms with E-state index in [1.54, 1.807) is 31.2 Å². The molecule has 1 fully saturated rings. The van der Waals surface area contributed by atoms with Crippen molar-refractivity contribution in [1.29, 1.82) is 0 Å². The molecule has 0 radical (unpaired) electrons. The Hall–Kier alpha value is -3.53. The van der Waals surface area contributed by atoms with Gasteiger partial charge in [-0.1, -0.05) is 18.6 Å². The maximum absolute atomic E-state index is 11.9. The molecule has 0 spiro atoms. The summed E-state index contributed by atoms with van der Waals surface area (Å²) in [4.78, 5) is 32.5. The van der Waals surface area contributed by atoms with Crippen molar-refractivity contribution < 1.29 is 14.6 Å². The Labute approximate surface area is 191 Å². The van der Waals surface area contributed by atoms with Crippen LogP contribution in [0.15, 0.2) is 36.4 Å². The number of benzene rings is 2. The summed E-state index contributed by atoms with van der Waals surface area (Å²) < 4.78 is 0. The number of nitrogens with one attached hydrogen (secondary N) is 1. The number of anilines is 2. The summed E-state index contributed by atoms with van der Waals surface area (Å²) in [5.41, 5.74) is 4.34. The van der Waals surface area contributed by atoms with Gasteiger partial charge >= 0.3 is 0 Å². The van der Waals surface area contributed by atoms with Crippen LogP contribution in [-0.2, 0) is 17.6 Å². The summed E-state index contributed by atoms with van der Waals surface area (Å²) in [5.74, 6) is 0.175. The molecule has 1 atom stereocenters. The molecule has 0 saturated carbocycles. The second kappa shape index (κ2) is 9.53. The van der Waals surface area contributed by atoms with Crippen LogP contribution in [0.2, 0.25) is 0 Å². The number of piperidine rings is 1. The highest BCUT2D eigenvalue weighted by Gasteiger charge is 2.34. The van der Waals surface area contributed by atoms with Crippen LogP contribution in [0, 0.1) is 20.2 Å². The van der Waals surface area contributed by atoms with Crippen molar-refractivity contribution in [3.63, 3.8) is 0 Å². The Morgan fingerprint density at radius 2 is 1.67 bits per heavy atom. The second-order valence-electron chi connectivity index (χ2n) is 8.50. The number of fused-ring (bicyclic) bond motifs is 2. The van der Waals surface area contributed by atoms with Gasteiger partial charge in [-0.05, 0) is 43.7 Å². The molecule has 33 heavy (non-hydrogen) atoms. The standard InChI is InChI=1S/C15H19N3O3.C8H8N2O2/c1-11(19)14-4-2-3-8-16(14)17-9-7-12-5-6-13(18(20)21)10-15(12)17;11-10(12)7-2-1-6-3-4-9-8(6)5-7/h5-6,10,14H,2-4,7-9H2,1H3;1-2,5,9H,3-4H2. The molecule has 0 amide bonds. The van der Waals surface area contributed by atoms with E-state index in [0.29, 0.717) is 0 Å². The lowest BCUT2D eigenvalue weighted by atomic mass is 10.0. The van der Waals surface area contributed by atoms with Crippen molar-refractivity contribution in [3.8, 4) is 0 Å². The third kappa shape index (κ3) is 4.80. The zero-order chi connectivity index (χ0) is 23.5. The first-order valence-electron chi connectivity index (χ1n) is 11.2. The van der Waals surface area contributed by atoms with Gasteiger partial charge in [0.15, 0.2) is 0 Å². The molecule has 5 rings (SSSR count). The SMILES string of the molecule is CC(=O)C1CCCCN1N1CCc2ccc([N+](=O)[O-])cc21.O=[N+]([O-])c1ccc2c(c1)NCC2. The Balaban J connectivity index is 0.000000183. The van der Waals surface area contributed by atoms with E-state index < -0.39 is 0 Å². The number of hydrogen-bond donors (Lipinski definition) is 1. The number of non-ortho nitro benzene ring substituents is 2. The van der Waals surface area contributed by atoms with Gasteiger partial charge in [-0.15, -0.1) is 0 Å². The quantitative estimate of drug-likeness (QED) is 0.547. The van der Waals surface area contributed by atoms with Crippen molar-refractivity contribution >= 4 is 28.5 Å². The fraction of sp³-hybridized carbons (Fsp3) is 0.435. The van der Waals surface area contributed by atoms with E-state index in [-0.39, 0.29) is 33.0 Å². The van der Waals surface area contributed by atoms with Gasteiger partial charge in [0, 0.05) is 49.6 Å². The van der Waals surface area contributed by atoms with Crippen molar-refractivity contribution in [1.82, 2.24) is 5.01 Å². The molecule has 2 aromatic carbocycles. The Bertz CT molecular complexity index is 1090. The molecule has 174 valence electrons. The zero-order valence-corrected chi connectivity index (χ0v) is 18.5. The van der Waals surface area contributed by atoms with Gasteiger partial charge in [0.2, 0.25) is 0 Å². The molecule has 10 heteroatoms. The van der Waals surface area contributed by atoms with Crippen LogP contribution in [0.1, 0.15) is 37.3 Å². The van der Waals surface area contributed by atoms with Crippen LogP contribution >= 0.6 is 0 Å². The Morgan fingerprint density at radius 3 is 2.36 bits per heavy atom. The normalized spacial score (nSPS) is 19.1. The van der Waals surface area contributed by atoms with E-state index in [0.717, 1.165) is 68.7 Å². The molecular formula is C23H27N5O5. The number of carbonyl (C=O) groups excluding carboxylic acids is 1. The number of nitro benzene ring substituents is 2. The number of nitrogens with zero attached hydrogens (tertiary/aromatic N) is 4. The largest absolute Gasteiger partial charge is 0.384 e. The van der Waals surface area contributed by atoms with E-state index in [4.69, 9.17) is 0 Å². The molecule has 3 heterocycles. The minimum Gasteiger partial charge on any atom is -0.384 e. The fourth-order valence-corrected chi connectivity index (χ4v) is 4.74. The lowest BCUT2D eigenvalue weighted by Gasteiger charge is -2.41. The average molecular weight is 453 g/mol. The molecular weight excluding hydrogens is 426 g/mol. The minimum atomic E-state index is -0.375. The number of carbonyl (C=O) groups is 1. The molecule has 1 N–H and O–H groups in total. The van der Waals surface area contributed by atoms with Gasteiger partial charge in [-0.2, -0.15) is 0 Å². The Kier molecular flexibility index (Phi) is 6.55. The molecule has 2 aromatic rings. The van der Waals surface area contributed by atoms with E-state index in [1.165, 1.54) is 5.56 Å². The smallest absolute Gasteiger partial charge is 0.271 e. The summed E-state index contributed by atoms with van der Waals surface area (Å²) in [6.07, 6.45) is 4.83. The van der Waals surface area contributed by atoms with Crippen LogP contribution in [0.4, 0.5) is 22.7 Å². The van der Waals surface area contributed by atoms with Crippen LogP contribution in [0.25, 0.3) is 0 Å². The number of Topliss-reactive ketones (excluding diaryl/α,β-unsaturated/α-hetero) is 1. The van der Waals surface area contributed by atoms with Crippen molar-refractivity contribution in [2.24, 2.45) is 0 Å². The summed E-state index contributed by atoms with van der Waals surface area (Å²) in [6, 6.07) is 9.88. The lowest BCUT2D eigenvalue weighted by Crippen LogP contribution is -2.53. The minimum absolute atomic E-state index is 0.0936. The summed E-state index contributed by atoms with van der Waals surface area (Å²) in [5, 5.41) is 28.6. The van der Waals surface area contributed by atoms with Crippen LogP contribution in [-0.4, -0.2) is 46.3 Å². The second-order valence-corrected chi connectivity index (χ2v) is 8.50. The Morgan fingerprint density at radius 1 is 0.970 bits per heavy atom. The van der Waals surface area contributed by atoms with E-state index in [2.05, 4.69) is 15.3 Å². The third-order valence-corrected chi connectivity index (χ3v) is 6.42. The highest BCUT2D eigenvalue weighted by molar-refractivity contribution is 5.82. The van der Waals surface area contributed by atoms with Gasteiger partial charge < -0.3 is 10.3 Å². The predicted octanol–water partition coefficient (Wildman–Crippen LogP) is 3.88. The highest BCUT2D eigenvalue weighted by atomic mass is 16.6. The van der Waals surface area contributed by atoms with E-state index in [9.17, 15) is 25.0 Å². The van der Waals surface area contributed by atoms with Gasteiger partial charge in [-0.3, -0.25) is 25.0 Å². The van der Waals surface area contributed by atoms with Crippen LogP contribution in [0.3, 0.4) is 0 Å². The molecule has 0 aliphatic carbocycles. The summed E-state index contributed by atoms with van der Waals surface area (Å²) >= 11 is 0. The number of nitro groups is 2. The first-order valence-corrected chi connectivity index (χ1v) is 11.2. The highest BCUT2D eigenvalue weighted by Crippen LogP contribution is 2.35. The maximum Gasteiger partial charge on any atom is 0.271 e. The van der Waals surface area contributed by atoms with Gasteiger partial charge in [0.25, 0.3) is 11.4 Å². The van der Waals surface area contributed by atoms with Crippen molar-refractivity contribution in [2.45, 2.75) is 45.1 Å². The van der Waals surface area contributed by atoms with Crippen molar-refractivity contribution in [3.05, 3.63) is 67.8 Å². The number of hydrogen-bond acceptors (Lipinski definition) is 8. The number of rotatable bonds is 4. The number of hydrazine groups is 1. The first-order chi connectivity index (χ1) is 15.8. The predicted molar refractivity (Wildman–Crippen MR) is 124 cm³/mol. The summed E-state index contributed by atoms with van der Waals surface area (Å²) in [6.45, 7) is 4.15. The fourth-order valence-electron chi connectivity index (χ4n) is 4.74. The maximum atomic E-state index is 11.9. The van der Waals surface area contributed by atoms with Gasteiger partial charge in [-0.25, -0.2) is 5.01 Å². The lowest BCUT2D eigenvalue weighted by molar-refractivity contribution is -0.385. The van der Waals surface area contributed by atoms with E-state index in [1.807, 2.05) is 12.1 Å². The molecule has 0 aromatic heterocycles. The molecule has 1 unspecified atom stereocenters. The van der Waals surface area contributed by atoms with Gasteiger partial charge in [0.05, 0.1) is 21.6 Å². The molecule has 3 aliphatic heterocycles. The molecule has 3 aliphatic rings. The topological polar surface area (TPSA) is 122 Å². The van der Waals surface area contributed by atoms with Crippen molar-refractivity contribution in [2.75, 3.05) is 30.0 Å². The van der Waals surface area contributed by atoms with Gasteiger partial charge in [0.1, 0.15) is 5.78 Å². The zero-order valence-electron chi connectivity index (χ0n) is 18.5. The number of ketones is 1. The monoisotopic (exact) mass is 453 g/mol. The van der Waals surface area contributed by atoms with Crippen LogP contribution < -0.4 is 10.3 Å². The average Bonchev–Trinajstić information content (AvgIpc) is 3.45.